The fraction of sp³-hybridized carbons (Fsp3) is 0.261. The van der Waals surface area contributed by atoms with E-state index in [1.54, 1.807) is 35.7 Å². The Labute approximate surface area is 192 Å². The molecule has 1 amide bonds. The summed E-state index contributed by atoms with van der Waals surface area (Å²) in [5, 5.41) is 4.58. The van der Waals surface area contributed by atoms with Gasteiger partial charge in [0.05, 0.1) is 13.2 Å². The summed E-state index contributed by atoms with van der Waals surface area (Å²) in [6, 6.07) is 15.3. The Morgan fingerprint density at radius 1 is 0.969 bits per heavy atom. The lowest BCUT2D eigenvalue weighted by Gasteiger charge is -2.13. The summed E-state index contributed by atoms with van der Waals surface area (Å²) < 4.78 is 38.5. The fourth-order valence-corrected chi connectivity index (χ4v) is 5.04. The highest BCUT2D eigenvalue weighted by molar-refractivity contribution is 7.94. The predicted octanol–water partition coefficient (Wildman–Crippen LogP) is 4.32. The maximum atomic E-state index is 12.4. The van der Waals surface area contributed by atoms with Gasteiger partial charge in [-0.3, -0.25) is 9.52 Å². The number of hydrogen-bond acceptors (Lipinski definition) is 6. The molecule has 0 aliphatic carbocycles. The highest BCUT2D eigenvalue weighted by Gasteiger charge is 2.15. The maximum absolute atomic E-state index is 12.4. The Kier molecular flexibility index (Phi) is 8.13. The molecule has 0 aliphatic rings. The van der Waals surface area contributed by atoms with Crippen LogP contribution in [0.2, 0.25) is 0 Å². The smallest absolute Gasteiger partial charge is 0.271 e. The van der Waals surface area contributed by atoms with E-state index in [9.17, 15) is 13.2 Å². The molecule has 0 spiro atoms. The van der Waals surface area contributed by atoms with Crippen molar-refractivity contribution in [2.24, 2.45) is 0 Å². The van der Waals surface area contributed by atoms with Crippen molar-refractivity contribution < 1.29 is 22.7 Å². The molecule has 7 nitrogen and oxygen atoms in total. The number of rotatable bonds is 11. The third-order valence-corrected chi connectivity index (χ3v) is 7.25. The van der Waals surface area contributed by atoms with Crippen molar-refractivity contribution in [2.75, 3.05) is 24.5 Å². The van der Waals surface area contributed by atoms with E-state index < -0.39 is 10.0 Å². The normalized spacial score (nSPS) is 11.1. The standard InChI is InChI=1S/C23H26N2O5S2/c1-3-29-20-12-7-17(16-21(20)30-4-2)13-14-24-23(26)18-8-10-19(11-9-18)25-32(27,28)22-6-5-15-31-22/h5-12,15-16,25H,3-4,13-14H2,1-2H3,(H,24,26). The highest BCUT2D eigenvalue weighted by Crippen LogP contribution is 2.28. The van der Waals surface area contributed by atoms with Crippen molar-refractivity contribution in [1.82, 2.24) is 5.32 Å². The molecule has 2 aromatic carbocycles. The summed E-state index contributed by atoms with van der Waals surface area (Å²) >= 11 is 1.14. The van der Waals surface area contributed by atoms with Gasteiger partial charge in [0.1, 0.15) is 4.21 Å². The number of hydrogen-bond donors (Lipinski definition) is 2. The minimum Gasteiger partial charge on any atom is -0.490 e. The molecule has 170 valence electrons. The van der Waals surface area contributed by atoms with Crippen LogP contribution in [0.1, 0.15) is 29.8 Å². The molecule has 2 N–H and O–H groups in total. The molecule has 0 bridgehead atoms. The largest absolute Gasteiger partial charge is 0.490 e. The Hall–Kier alpha value is -3.04. The summed E-state index contributed by atoms with van der Waals surface area (Å²) in [5.74, 6) is 1.17. The number of nitrogens with one attached hydrogen (secondary N) is 2. The number of benzene rings is 2. The molecule has 0 saturated heterocycles. The molecule has 3 rings (SSSR count). The van der Waals surface area contributed by atoms with Crippen LogP contribution in [0.3, 0.4) is 0 Å². The van der Waals surface area contributed by atoms with Crippen LogP contribution in [0.5, 0.6) is 11.5 Å². The van der Waals surface area contributed by atoms with Crippen LogP contribution in [-0.2, 0) is 16.4 Å². The van der Waals surface area contributed by atoms with Crippen molar-refractivity contribution in [1.29, 1.82) is 0 Å². The highest BCUT2D eigenvalue weighted by atomic mass is 32.2. The van der Waals surface area contributed by atoms with E-state index in [1.165, 1.54) is 6.07 Å². The lowest BCUT2D eigenvalue weighted by atomic mass is 10.1. The number of thiophene rings is 1. The molecule has 0 aliphatic heterocycles. The first-order valence-electron chi connectivity index (χ1n) is 10.3. The van der Waals surface area contributed by atoms with Gasteiger partial charge in [-0.1, -0.05) is 12.1 Å². The van der Waals surface area contributed by atoms with Crippen molar-refractivity contribution in [3.8, 4) is 11.5 Å². The van der Waals surface area contributed by atoms with E-state index in [1.807, 2.05) is 32.0 Å². The summed E-state index contributed by atoms with van der Waals surface area (Å²) in [4.78, 5) is 12.4. The van der Waals surface area contributed by atoms with Crippen LogP contribution in [0.25, 0.3) is 0 Å². The average Bonchev–Trinajstić information content (AvgIpc) is 3.32. The molecule has 0 atom stereocenters. The zero-order chi connectivity index (χ0) is 23.0. The Morgan fingerprint density at radius 2 is 1.69 bits per heavy atom. The SMILES string of the molecule is CCOc1ccc(CCNC(=O)c2ccc(NS(=O)(=O)c3cccs3)cc2)cc1OCC. The van der Waals surface area contributed by atoms with Gasteiger partial charge in [-0.15, -0.1) is 11.3 Å². The van der Waals surface area contributed by atoms with Gasteiger partial charge in [0.25, 0.3) is 15.9 Å². The molecule has 32 heavy (non-hydrogen) atoms. The third kappa shape index (κ3) is 6.24. The van der Waals surface area contributed by atoms with Crippen LogP contribution in [0, 0.1) is 0 Å². The second-order valence-corrected chi connectivity index (χ2v) is 9.62. The molecule has 9 heteroatoms. The first kappa shape index (κ1) is 23.6. The monoisotopic (exact) mass is 474 g/mol. The van der Waals surface area contributed by atoms with Crippen molar-refractivity contribution in [3.63, 3.8) is 0 Å². The van der Waals surface area contributed by atoms with Gasteiger partial charge in [0, 0.05) is 17.8 Å². The topological polar surface area (TPSA) is 93.7 Å². The molecular weight excluding hydrogens is 448 g/mol. The Balaban J connectivity index is 1.55. The summed E-state index contributed by atoms with van der Waals surface area (Å²) in [6.45, 7) is 5.39. The Bertz CT molecular complexity index is 1130. The van der Waals surface area contributed by atoms with E-state index in [-0.39, 0.29) is 10.1 Å². The number of carbonyl (C=O) groups is 1. The predicted molar refractivity (Wildman–Crippen MR) is 126 cm³/mol. The second kappa shape index (κ2) is 11.0. The lowest BCUT2D eigenvalue weighted by Crippen LogP contribution is -2.25. The van der Waals surface area contributed by atoms with E-state index in [4.69, 9.17) is 9.47 Å². The number of sulfonamides is 1. The lowest BCUT2D eigenvalue weighted by molar-refractivity contribution is 0.0954. The second-order valence-electron chi connectivity index (χ2n) is 6.77. The molecule has 3 aromatic rings. The van der Waals surface area contributed by atoms with Gasteiger partial charge in [-0.2, -0.15) is 0 Å². The van der Waals surface area contributed by atoms with Gasteiger partial charge in [0.15, 0.2) is 11.5 Å². The van der Waals surface area contributed by atoms with Gasteiger partial charge < -0.3 is 14.8 Å². The molecule has 0 radical (unpaired) electrons. The first-order valence-corrected chi connectivity index (χ1v) is 12.6. The molecule has 1 heterocycles. The zero-order valence-corrected chi connectivity index (χ0v) is 19.6. The maximum Gasteiger partial charge on any atom is 0.271 e. The van der Waals surface area contributed by atoms with Gasteiger partial charge >= 0.3 is 0 Å². The van der Waals surface area contributed by atoms with Gasteiger partial charge in [-0.05, 0) is 73.7 Å². The number of carbonyl (C=O) groups excluding carboxylic acids is 1. The molecule has 0 fully saturated rings. The van der Waals surface area contributed by atoms with Crippen LogP contribution in [-0.4, -0.2) is 34.1 Å². The summed E-state index contributed by atoms with van der Waals surface area (Å²) in [5.41, 5.74) is 1.87. The summed E-state index contributed by atoms with van der Waals surface area (Å²) in [7, 11) is -3.61. The first-order chi connectivity index (χ1) is 15.4. The van der Waals surface area contributed by atoms with E-state index in [0.717, 1.165) is 16.9 Å². The van der Waals surface area contributed by atoms with E-state index in [0.29, 0.717) is 48.9 Å². The number of ether oxygens (including phenoxy) is 2. The Morgan fingerprint density at radius 3 is 2.34 bits per heavy atom. The zero-order valence-electron chi connectivity index (χ0n) is 18.0. The molecule has 0 unspecified atom stereocenters. The quantitative estimate of drug-likeness (QED) is 0.432. The van der Waals surface area contributed by atoms with Crippen LogP contribution >= 0.6 is 11.3 Å². The van der Waals surface area contributed by atoms with E-state index >= 15 is 0 Å². The third-order valence-electron chi connectivity index (χ3n) is 4.47. The fourth-order valence-electron chi connectivity index (χ4n) is 2.98. The van der Waals surface area contributed by atoms with Crippen LogP contribution in [0.15, 0.2) is 64.2 Å². The van der Waals surface area contributed by atoms with Crippen LogP contribution < -0.4 is 19.5 Å². The van der Waals surface area contributed by atoms with Gasteiger partial charge in [-0.25, -0.2) is 8.42 Å². The molecule has 1 aromatic heterocycles. The number of amides is 1. The van der Waals surface area contributed by atoms with Crippen molar-refractivity contribution in [2.45, 2.75) is 24.5 Å². The van der Waals surface area contributed by atoms with E-state index in [2.05, 4.69) is 10.0 Å². The number of anilines is 1. The van der Waals surface area contributed by atoms with Crippen LogP contribution in [0.4, 0.5) is 5.69 Å². The molecular formula is C23H26N2O5S2. The summed E-state index contributed by atoms with van der Waals surface area (Å²) in [6.07, 6.45) is 0.636. The van der Waals surface area contributed by atoms with Crippen molar-refractivity contribution in [3.05, 3.63) is 71.1 Å². The van der Waals surface area contributed by atoms with Gasteiger partial charge in [0.2, 0.25) is 0 Å². The molecule has 0 saturated carbocycles. The minimum absolute atomic E-state index is 0.228. The average molecular weight is 475 g/mol. The van der Waals surface area contributed by atoms with Crippen molar-refractivity contribution >= 4 is 33.0 Å². The minimum atomic E-state index is -3.61.